The first kappa shape index (κ1) is 14.0. The van der Waals surface area contributed by atoms with Crippen LogP contribution in [0.5, 0.6) is 0 Å². The third kappa shape index (κ3) is 3.45. The van der Waals surface area contributed by atoms with Crippen molar-refractivity contribution in [3.63, 3.8) is 0 Å². The molecule has 0 heterocycles. The van der Waals surface area contributed by atoms with Crippen LogP contribution in [0.15, 0.2) is 30.3 Å². The SMILES string of the molecule is Cl.NN(C(=O)C1CCCCC1)c1ccccc1. The summed E-state index contributed by atoms with van der Waals surface area (Å²) in [5.74, 6) is 6.04. The first-order valence-corrected chi connectivity index (χ1v) is 5.93. The molecule has 2 rings (SSSR count). The van der Waals surface area contributed by atoms with Crippen molar-refractivity contribution in [2.24, 2.45) is 11.8 Å². The quantitative estimate of drug-likeness (QED) is 0.501. The number of nitrogens with zero attached hydrogens (tertiary/aromatic N) is 1. The number of amides is 1. The van der Waals surface area contributed by atoms with Gasteiger partial charge in [0, 0.05) is 5.92 Å². The van der Waals surface area contributed by atoms with Gasteiger partial charge in [-0.05, 0) is 25.0 Å². The van der Waals surface area contributed by atoms with Crippen LogP contribution in [0.1, 0.15) is 32.1 Å². The van der Waals surface area contributed by atoms with E-state index >= 15 is 0 Å². The molecule has 1 fully saturated rings. The minimum atomic E-state index is 0. The molecule has 1 aliphatic carbocycles. The number of hydrogen-bond acceptors (Lipinski definition) is 2. The van der Waals surface area contributed by atoms with E-state index in [-0.39, 0.29) is 24.2 Å². The molecular formula is C13H19ClN2O. The number of rotatable bonds is 2. The highest BCUT2D eigenvalue weighted by Gasteiger charge is 2.25. The molecule has 1 aliphatic rings. The van der Waals surface area contributed by atoms with Crippen LogP contribution in [0, 0.1) is 5.92 Å². The van der Waals surface area contributed by atoms with Crippen molar-refractivity contribution in [2.75, 3.05) is 5.01 Å². The maximum absolute atomic E-state index is 12.1. The van der Waals surface area contributed by atoms with Crippen LogP contribution in [0.4, 0.5) is 5.69 Å². The molecule has 0 bridgehead atoms. The van der Waals surface area contributed by atoms with Gasteiger partial charge >= 0.3 is 0 Å². The zero-order chi connectivity index (χ0) is 11.4. The summed E-state index contributed by atoms with van der Waals surface area (Å²) in [6, 6.07) is 9.43. The highest BCUT2D eigenvalue weighted by molar-refractivity contribution is 5.93. The van der Waals surface area contributed by atoms with E-state index in [1.54, 1.807) is 0 Å². The van der Waals surface area contributed by atoms with E-state index in [4.69, 9.17) is 5.84 Å². The second-order valence-electron chi connectivity index (χ2n) is 4.38. The molecule has 2 N–H and O–H groups in total. The number of benzene rings is 1. The molecule has 0 unspecified atom stereocenters. The molecule has 0 atom stereocenters. The molecule has 0 saturated heterocycles. The smallest absolute Gasteiger partial charge is 0.244 e. The fourth-order valence-corrected chi connectivity index (χ4v) is 2.26. The molecule has 1 saturated carbocycles. The predicted octanol–water partition coefficient (Wildman–Crippen LogP) is 2.90. The van der Waals surface area contributed by atoms with Gasteiger partial charge in [0.1, 0.15) is 0 Å². The second-order valence-corrected chi connectivity index (χ2v) is 4.38. The summed E-state index contributed by atoms with van der Waals surface area (Å²) in [4.78, 5) is 12.1. The number of carbonyl (C=O) groups is 1. The fraction of sp³-hybridized carbons (Fsp3) is 0.462. The number of halogens is 1. The van der Waals surface area contributed by atoms with Gasteiger partial charge in [0.05, 0.1) is 5.69 Å². The number of hydrogen-bond donors (Lipinski definition) is 1. The highest BCUT2D eigenvalue weighted by Crippen LogP contribution is 2.26. The molecule has 0 aliphatic heterocycles. The molecule has 1 amide bonds. The van der Waals surface area contributed by atoms with Crippen LogP contribution >= 0.6 is 12.4 Å². The maximum Gasteiger partial charge on any atom is 0.244 e. The molecule has 94 valence electrons. The van der Waals surface area contributed by atoms with E-state index < -0.39 is 0 Å². The molecule has 3 nitrogen and oxygen atoms in total. The summed E-state index contributed by atoms with van der Waals surface area (Å²) in [6.07, 6.45) is 5.52. The molecule has 4 heteroatoms. The third-order valence-electron chi connectivity index (χ3n) is 3.23. The molecule has 0 aromatic heterocycles. The summed E-state index contributed by atoms with van der Waals surface area (Å²) in [7, 11) is 0. The second kappa shape index (κ2) is 6.62. The van der Waals surface area contributed by atoms with Crippen molar-refractivity contribution >= 4 is 24.0 Å². The van der Waals surface area contributed by atoms with Gasteiger partial charge in [-0.2, -0.15) is 0 Å². The summed E-state index contributed by atoms with van der Waals surface area (Å²) in [5.41, 5.74) is 0.776. The van der Waals surface area contributed by atoms with Gasteiger partial charge in [0.25, 0.3) is 0 Å². The first-order chi connectivity index (χ1) is 7.79. The molecular weight excluding hydrogens is 236 g/mol. The van der Waals surface area contributed by atoms with Gasteiger partial charge in [-0.1, -0.05) is 37.5 Å². The lowest BCUT2D eigenvalue weighted by Gasteiger charge is -2.25. The minimum Gasteiger partial charge on any atom is -0.273 e. The van der Waals surface area contributed by atoms with Gasteiger partial charge in [-0.3, -0.25) is 4.79 Å². The Morgan fingerprint density at radius 3 is 2.29 bits per heavy atom. The molecule has 1 aromatic rings. The number of nitrogens with two attached hydrogens (primary N) is 1. The Bertz CT molecular complexity index is 350. The average Bonchev–Trinajstić information content (AvgIpc) is 2.39. The Morgan fingerprint density at radius 2 is 1.71 bits per heavy atom. The largest absolute Gasteiger partial charge is 0.273 e. The number of hydrazine groups is 1. The van der Waals surface area contributed by atoms with E-state index in [1.807, 2.05) is 30.3 Å². The fourth-order valence-electron chi connectivity index (χ4n) is 2.26. The van der Waals surface area contributed by atoms with Gasteiger partial charge in [0.15, 0.2) is 0 Å². The lowest BCUT2D eigenvalue weighted by Crippen LogP contribution is -2.42. The van der Waals surface area contributed by atoms with E-state index in [2.05, 4.69) is 0 Å². The predicted molar refractivity (Wildman–Crippen MR) is 71.9 cm³/mol. The Morgan fingerprint density at radius 1 is 1.12 bits per heavy atom. The standard InChI is InChI=1S/C13H18N2O.ClH/c14-15(12-9-5-2-6-10-12)13(16)11-7-3-1-4-8-11;/h2,5-6,9-11H,1,3-4,7-8,14H2;1H. The Labute approximate surface area is 108 Å². The van der Waals surface area contributed by atoms with Crippen molar-refractivity contribution in [3.8, 4) is 0 Å². The maximum atomic E-state index is 12.1. The summed E-state index contributed by atoms with van der Waals surface area (Å²) in [5, 5.41) is 1.30. The van der Waals surface area contributed by atoms with E-state index in [0.29, 0.717) is 0 Å². The van der Waals surface area contributed by atoms with Crippen LogP contribution in [-0.2, 0) is 4.79 Å². The third-order valence-corrected chi connectivity index (χ3v) is 3.23. The Hall–Kier alpha value is -1.06. The van der Waals surface area contributed by atoms with Crippen molar-refractivity contribution in [1.29, 1.82) is 0 Å². The highest BCUT2D eigenvalue weighted by atomic mass is 35.5. The number of para-hydroxylation sites is 1. The van der Waals surface area contributed by atoms with Gasteiger partial charge in [-0.25, -0.2) is 10.9 Å². The molecule has 1 aromatic carbocycles. The van der Waals surface area contributed by atoms with Gasteiger partial charge in [-0.15, -0.1) is 12.4 Å². The van der Waals surface area contributed by atoms with Crippen LogP contribution in [-0.4, -0.2) is 5.91 Å². The van der Waals surface area contributed by atoms with E-state index in [0.717, 1.165) is 31.4 Å². The van der Waals surface area contributed by atoms with Crippen LogP contribution < -0.4 is 10.9 Å². The lowest BCUT2D eigenvalue weighted by atomic mass is 9.88. The number of anilines is 1. The lowest BCUT2D eigenvalue weighted by molar-refractivity contribution is -0.123. The normalized spacial score (nSPS) is 16.1. The Kier molecular flexibility index (Phi) is 5.45. The van der Waals surface area contributed by atoms with Crippen molar-refractivity contribution < 1.29 is 4.79 Å². The van der Waals surface area contributed by atoms with Crippen LogP contribution in [0.25, 0.3) is 0 Å². The van der Waals surface area contributed by atoms with Crippen molar-refractivity contribution in [3.05, 3.63) is 30.3 Å². The zero-order valence-electron chi connectivity index (χ0n) is 9.84. The average molecular weight is 255 g/mol. The zero-order valence-corrected chi connectivity index (χ0v) is 10.7. The van der Waals surface area contributed by atoms with Gasteiger partial charge < -0.3 is 0 Å². The van der Waals surface area contributed by atoms with E-state index in [1.165, 1.54) is 11.4 Å². The summed E-state index contributed by atoms with van der Waals surface area (Å²) >= 11 is 0. The van der Waals surface area contributed by atoms with Crippen LogP contribution in [0.2, 0.25) is 0 Å². The monoisotopic (exact) mass is 254 g/mol. The molecule has 17 heavy (non-hydrogen) atoms. The first-order valence-electron chi connectivity index (χ1n) is 5.93. The summed E-state index contributed by atoms with van der Waals surface area (Å²) in [6.45, 7) is 0. The van der Waals surface area contributed by atoms with E-state index in [9.17, 15) is 4.79 Å². The topological polar surface area (TPSA) is 46.3 Å². The van der Waals surface area contributed by atoms with Crippen molar-refractivity contribution in [2.45, 2.75) is 32.1 Å². The molecule has 0 radical (unpaired) electrons. The Balaban J connectivity index is 0.00000144. The minimum absolute atomic E-state index is 0. The van der Waals surface area contributed by atoms with Crippen LogP contribution in [0.3, 0.4) is 0 Å². The van der Waals surface area contributed by atoms with Gasteiger partial charge in [0.2, 0.25) is 5.91 Å². The van der Waals surface area contributed by atoms with Crippen molar-refractivity contribution in [1.82, 2.24) is 0 Å². The number of carbonyl (C=O) groups excluding carboxylic acids is 1. The summed E-state index contributed by atoms with van der Waals surface area (Å²) < 4.78 is 0. The molecule has 0 spiro atoms.